The molecule has 2 N–H and O–H groups in total. The quantitative estimate of drug-likeness (QED) is 0.750. The fourth-order valence-corrected chi connectivity index (χ4v) is 2.09. The number of hydrogen-bond donors (Lipinski definition) is 2. The highest BCUT2D eigenvalue weighted by Crippen LogP contribution is 2.21. The summed E-state index contributed by atoms with van der Waals surface area (Å²) in [5.41, 5.74) is 0.251. The molecule has 1 heterocycles. The van der Waals surface area contributed by atoms with Gasteiger partial charge in [-0.3, -0.25) is 4.79 Å². The van der Waals surface area contributed by atoms with Crippen molar-refractivity contribution in [2.75, 3.05) is 13.2 Å². The number of nitrogens with one attached hydrogen (secondary N) is 1. The zero-order valence-electron chi connectivity index (χ0n) is 11.3. The van der Waals surface area contributed by atoms with E-state index in [9.17, 15) is 9.90 Å². The zero-order chi connectivity index (χ0) is 15.1. The van der Waals surface area contributed by atoms with Crippen molar-refractivity contribution in [3.05, 3.63) is 52.4 Å². The molecule has 0 fully saturated rings. The van der Waals surface area contributed by atoms with E-state index in [0.29, 0.717) is 26.2 Å². The number of aromatic hydroxyl groups is 1. The average molecular weight is 354 g/mol. The number of halogens is 1. The van der Waals surface area contributed by atoms with E-state index in [4.69, 9.17) is 9.15 Å². The Kier molecular flexibility index (Phi) is 5.83. The zero-order valence-corrected chi connectivity index (χ0v) is 12.9. The first-order valence-corrected chi connectivity index (χ1v) is 7.33. The molecule has 0 saturated carbocycles. The first kappa shape index (κ1) is 15.6. The number of hydrogen-bond acceptors (Lipinski definition) is 4. The van der Waals surface area contributed by atoms with Crippen LogP contribution in [-0.4, -0.2) is 24.2 Å². The number of phenolic OH excluding ortho intramolecular Hbond substituents is 1. The third-order valence-electron chi connectivity index (χ3n) is 2.78. The SMILES string of the molecule is O=C(NCCCOCc1ccco1)c1cc(Br)ccc1O. The van der Waals surface area contributed by atoms with Crippen molar-refractivity contribution in [2.45, 2.75) is 13.0 Å². The van der Waals surface area contributed by atoms with Gasteiger partial charge in [0.2, 0.25) is 0 Å². The molecule has 6 heteroatoms. The summed E-state index contributed by atoms with van der Waals surface area (Å²) >= 11 is 3.27. The van der Waals surface area contributed by atoms with Crippen molar-refractivity contribution in [1.82, 2.24) is 5.32 Å². The molecule has 112 valence electrons. The van der Waals surface area contributed by atoms with E-state index in [2.05, 4.69) is 21.2 Å². The standard InChI is InChI=1S/C15H16BrNO4/c16-11-4-5-14(18)13(9-11)15(19)17-6-2-7-20-10-12-3-1-8-21-12/h1,3-5,8-9,18H,2,6-7,10H2,(H,17,19). The lowest BCUT2D eigenvalue weighted by atomic mass is 10.2. The van der Waals surface area contributed by atoms with Crippen LogP contribution in [0, 0.1) is 0 Å². The maximum Gasteiger partial charge on any atom is 0.255 e. The van der Waals surface area contributed by atoms with Gasteiger partial charge in [0, 0.05) is 17.6 Å². The van der Waals surface area contributed by atoms with Gasteiger partial charge in [-0.1, -0.05) is 15.9 Å². The van der Waals surface area contributed by atoms with Crippen LogP contribution in [0.15, 0.2) is 45.5 Å². The monoisotopic (exact) mass is 353 g/mol. The second-order valence-corrected chi connectivity index (χ2v) is 5.32. The van der Waals surface area contributed by atoms with Crippen molar-refractivity contribution in [2.24, 2.45) is 0 Å². The molecular formula is C15H16BrNO4. The highest BCUT2D eigenvalue weighted by molar-refractivity contribution is 9.10. The molecule has 0 aliphatic rings. The molecule has 21 heavy (non-hydrogen) atoms. The Morgan fingerprint density at radius 2 is 2.24 bits per heavy atom. The highest BCUT2D eigenvalue weighted by Gasteiger charge is 2.10. The summed E-state index contributed by atoms with van der Waals surface area (Å²) in [6, 6.07) is 8.39. The van der Waals surface area contributed by atoms with Crippen LogP contribution in [0.2, 0.25) is 0 Å². The van der Waals surface area contributed by atoms with Gasteiger partial charge in [-0.15, -0.1) is 0 Å². The van der Waals surface area contributed by atoms with Crippen LogP contribution in [0.1, 0.15) is 22.5 Å². The fraction of sp³-hybridized carbons (Fsp3) is 0.267. The summed E-state index contributed by atoms with van der Waals surface area (Å²) in [6.45, 7) is 1.42. The van der Waals surface area contributed by atoms with Crippen LogP contribution in [-0.2, 0) is 11.3 Å². The third kappa shape index (κ3) is 4.91. The minimum atomic E-state index is -0.306. The summed E-state index contributed by atoms with van der Waals surface area (Å²) in [4.78, 5) is 11.9. The van der Waals surface area contributed by atoms with Gasteiger partial charge < -0.3 is 19.6 Å². The van der Waals surface area contributed by atoms with Crippen LogP contribution in [0.25, 0.3) is 0 Å². The summed E-state index contributed by atoms with van der Waals surface area (Å²) in [5, 5.41) is 12.4. The summed E-state index contributed by atoms with van der Waals surface area (Å²) in [5.74, 6) is 0.433. The van der Waals surface area contributed by atoms with Crippen molar-refractivity contribution >= 4 is 21.8 Å². The molecule has 1 aromatic carbocycles. The maximum atomic E-state index is 11.9. The molecule has 0 bridgehead atoms. The Labute approximate surface area is 131 Å². The second kappa shape index (κ2) is 7.85. The lowest BCUT2D eigenvalue weighted by Crippen LogP contribution is -2.25. The number of phenols is 1. The number of benzene rings is 1. The van der Waals surface area contributed by atoms with E-state index in [1.165, 1.54) is 6.07 Å². The second-order valence-electron chi connectivity index (χ2n) is 4.40. The predicted molar refractivity (Wildman–Crippen MR) is 81.1 cm³/mol. The Morgan fingerprint density at radius 1 is 1.38 bits per heavy atom. The first-order valence-electron chi connectivity index (χ1n) is 6.53. The van der Waals surface area contributed by atoms with Gasteiger partial charge in [-0.25, -0.2) is 0 Å². The van der Waals surface area contributed by atoms with E-state index in [1.807, 2.05) is 12.1 Å². The van der Waals surface area contributed by atoms with Crippen LogP contribution in [0.4, 0.5) is 0 Å². The minimum absolute atomic E-state index is 0.0373. The number of rotatable bonds is 7. The van der Waals surface area contributed by atoms with Crippen molar-refractivity contribution in [3.63, 3.8) is 0 Å². The van der Waals surface area contributed by atoms with Crippen molar-refractivity contribution < 1.29 is 19.1 Å². The maximum absolute atomic E-state index is 11.9. The van der Waals surface area contributed by atoms with Crippen LogP contribution < -0.4 is 5.32 Å². The van der Waals surface area contributed by atoms with Gasteiger partial charge in [0.05, 0.1) is 11.8 Å². The molecule has 2 aromatic rings. The molecule has 0 aliphatic carbocycles. The molecule has 2 rings (SSSR count). The number of carbonyl (C=O) groups is 1. The summed E-state index contributed by atoms with van der Waals surface area (Å²) in [7, 11) is 0. The third-order valence-corrected chi connectivity index (χ3v) is 3.27. The molecule has 0 unspecified atom stereocenters. The Bertz CT molecular complexity index is 583. The Hall–Kier alpha value is -1.79. The molecule has 5 nitrogen and oxygen atoms in total. The summed E-state index contributed by atoms with van der Waals surface area (Å²) in [6.07, 6.45) is 2.28. The average Bonchev–Trinajstić information content (AvgIpc) is 2.98. The molecule has 1 aromatic heterocycles. The van der Waals surface area contributed by atoms with Crippen LogP contribution >= 0.6 is 15.9 Å². The summed E-state index contributed by atoms with van der Waals surface area (Å²) < 4.78 is 11.3. The highest BCUT2D eigenvalue weighted by atomic mass is 79.9. The van der Waals surface area contributed by atoms with Gasteiger partial charge in [0.25, 0.3) is 5.91 Å². The van der Waals surface area contributed by atoms with E-state index >= 15 is 0 Å². The fourth-order valence-electron chi connectivity index (χ4n) is 1.73. The lowest BCUT2D eigenvalue weighted by molar-refractivity contribution is 0.0915. The van der Waals surface area contributed by atoms with Gasteiger partial charge >= 0.3 is 0 Å². The lowest BCUT2D eigenvalue weighted by Gasteiger charge is -2.07. The van der Waals surface area contributed by atoms with Crippen molar-refractivity contribution in [3.8, 4) is 5.75 Å². The van der Waals surface area contributed by atoms with Gasteiger partial charge in [-0.2, -0.15) is 0 Å². The van der Waals surface area contributed by atoms with E-state index in [1.54, 1.807) is 18.4 Å². The minimum Gasteiger partial charge on any atom is -0.507 e. The Morgan fingerprint density at radius 3 is 3.00 bits per heavy atom. The van der Waals surface area contributed by atoms with E-state index in [-0.39, 0.29) is 17.2 Å². The molecule has 0 atom stereocenters. The van der Waals surface area contributed by atoms with E-state index < -0.39 is 0 Å². The molecule has 0 radical (unpaired) electrons. The van der Waals surface area contributed by atoms with Crippen molar-refractivity contribution in [1.29, 1.82) is 0 Å². The van der Waals surface area contributed by atoms with Crippen LogP contribution in [0.3, 0.4) is 0 Å². The van der Waals surface area contributed by atoms with Crippen LogP contribution in [0.5, 0.6) is 5.75 Å². The van der Waals surface area contributed by atoms with E-state index in [0.717, 1.165) is 10.2 Å². The first-order chi connectivity index (χ1) is 10.2. The topological polar surface area (TPSA) is 71.7 Å². The number of amides is 1. The number of furan rings is 1. The molecule has 1 amide bonds. The Balaban J connectivity index is 1.66. The van der Waals surface area contributed by atoms with Gasteiger partial charge in [-0.05, 0) is 36.8 Å². The predicted octanol–water partition coefficient (Wildman–Crippen LogP) is 3.08. The van der Waals surface area contributed by atoms with Gasteiger partial charge in [0.1, 0.15) is 18.1 Å². The molecule has 0 aliphatic heterocycles. The molecule has 0 saturated heterocycles. The number of carbonyl (C=O) groups excluding carboxylic acids is 1. The van der Waals surface area contributed by atoms with Gasteiger partial charge in [0.15, 0.2) is 0 Å². The molecular weight excluding hydrogens is 338 g/mol. The number of ether oxygens (including phenoxy) is 1. The largest absolute Gasteiger partial charge is 0.507 e. The smallest absolute Gasteiger partial charge is 0.255 e. The molecule has 0 spiro atoms. The normalized spacial score (nSPS) is 10.5.